The zero-order valence-corrected chi connectivity index (χ0v) is 7.39. The van der Waals surface area contributed by atoms with Gasteiger partial charge in [-0.2, -0.15) is 5.10 Å². The molecular weight excluding hydrogens is 162 g/mol. The van der Waals surface area contributed by atoms with Gasteiger partial charge in [0.25, 0.3) is 0 Å². The van der Waals surface area contributed by atoms with Crippen LogP contribution in [0, 0.1) is 0 Å². The second kappa shape index (κ2) is 3.61. The third-order valence-electron chi connectivity index (χ3n) is 1.52. The molecule has 1 rings (SSSR count). The van der Waals surface area contributed by atoms with Gasteiger partial charge in [-0.3, -0.25) is 9.31 Å². The second-order valence-electron chi connectivity index (χ2n) is 2.31. The molecule has 2 unspecified atom stereocenters. The van der Waals surface area contributed by atoms with E-state index in [1.807, 2.05) is 13.8 Å². The molecule has 0 saturated heterocycles. The molecule has 0 bridgehead atoms. The van der Waals surface area contributed by atoms with Gasteiger partial charge in [0.2, 0.25) is 5.16 Å². The number of nitrogens with one attached hydrogen (secondary N) is 1. The third kappa shape index (κ3) is 1.86. The van der Waals surface area contributed by atoms with E-state index in [-0.39, 0.29) is 5.25 Å². The predicted molar refractivity (Wildman–Crippen MR) is 42.5 cm³/mol. The van der Waals surface area contributed by atoms with E-state index in [1.54, 1.807) is 0 Å². The Bertz CT molecular complexity index is 234. The first-order valence-electron chi connectivity index (χ1n) is 3.51. The lowest BCUT2D eigenvalue weighted by atomic mass is 10.4. The van der Waals surface area contributed by atoms with Gasteiger partial charge in [-0.15, -0.1) is 0 Å². The summed E-state index contributed by atoms with van der Waals surface area (Å²) < 4.78 is 11.4. The maximum atomic E-state index is 11.4. The lowest BCUT2D eigenvalue weighted by Crippen LogP contribution is -2.10. The Balaban J connectivity index is 2.70. The molecule has 0 aliphatic heterocycles. The molecule has 0 radical (unpaired) electrons. The molecule has 1 N–H and O–H groups in total. The van der Waals surface area contributed by atoms with Crippen molar-refractivity contribution in [1.29, 1.82) is 0 Å². The average Bonchev–Trinajstić information content (AvgIpc) is 2.53. The monoisotopic (exact) mass is 173 g/mol. The van der Waals surface area contributed by atoms with Crippen LogP contribution in [0.4, 0.5) is 0 Å². The van der Waals surface area contributed by atoms with Crippen LogP contribution in [0.3, 0.4) is 0 Å². The SMILES string of the molecule is CCC(C)S(=O)c1ncn[nH]1. The minimum absolute atomic E-state index is 0.142. The Hall–Kier alpha value is -0.710. The first-order valence-corrected chi connectivity index (χ1v) is 4.73. The van der Waals surface area contributed by atoms with Crippen LogP contribution in [0.5, 0.6) is 0 Å². The molecule has 11 heavy (non-hydrogen) atoms. The summed E-state index contributed by atoms with van der Waals surface area (Å²) in [7, 11) is -1.03. The summed E-state index contributed by atoms with van der Waals surface area (Å²) in [5.41, 5.74) is 0. The summed E-state index contributed by atoms with van der Waals surface area (Å²) in [6.45, 7) is 3.93. The Morgan fingerprint density at radius 2 is 2.55 bits per heavy atom. The van der Waals surface area contributed by atoms with Crippen LogP contribution in [0.1, 0.15) is 20.3 Å². The van der Waals surface area contributed by atoms with E-state index in [0.29, 0.717) is 5.16 Å². The largest absolute Gasteiger partial charge is 0.252 e. The van der Waals surface area contributed by atoms with Gasteiger partial charge in [0.15, 0.2) is 0 Å². The number of aromatic amines is 1. The van der Waals surface area contributed by atoms with Crippen molar-refractivity contribution in [3.8, 4) is 0 Å². The van der Waals surface area contributed by atoms with Gasteiger partial charge in [-0.05, 0) is 6.42 Å². The molecule has 2 atom stereocenters. The Morgan fingerprint density at radius 3 is 3.00 bits per heavy atom. The third-order valence-corrected chi connectivity index (χ3v) is 3.17. The average molecular weight is 173 g/mol. The van der Waals surface area contributed by atoms with Crippen LogP contribution in [0.25, 0.3) is 0 Å². The molecule has 1 aromatic rings. The first-order chi connectivity index (χ1) is 5.25. The predicted octanol–water partition coefficient (Wildman–Crippen LogP) is 0.711. The van der Waals surface area contributed by atoms with Crippen molar-refractivity contribution in [2.75, 3.05) is 0 Å². The highest BCUT2D eigenvalue weighted by Gasteiger charge is 2.13. The highest BCUT2D eigenvalue weighted by Crippen LogP contribution is 2.06. The van der Waals surface area contributed by atoms with Crippen molar-refractivity contribution in [2.24, 2.45) is 0 Å². The van der Waals surface area contributed by atoms with Crippen molar-refractivity contribution in [2.45, 2.75) is 30.7 Å². The van der Waals surface area contributed by atoms with Crippen LogP contribution in [-0.2, 0) is 10.8 Å². The summed E-state index contributed by atoms with van der Waals surface area (Å²) in [6.07, 6.45) is 2.25. The van der Waals surface area contributed by atoms with Crippen LogP contribution in [0.15, 0.2) is 11.5 Å². The quantitative estimate of drug-likeness (QED) is 0.732. The van der Waals surface area contributed by atoms with Crippen LogP contribution in [0.2, 0.25) is 0 Å². The second-order valence-corrected chi connectivity index (χ2v) is 4.09. The summed E-state index contributed by atoms with van der Waals surface area (Å²) in [5.74, 6) is 0. The van der Waals surface area contributed by atoms with Gasteiger partial charge >= 0.3 is 0 Å². The molecule has 5 heteroatoms. The Kier molecular flexibility index (Phi) is 2.76. The van der Waals surface area contributed by atoms with Crippen molar-refractivity contribution >= 4 is 10.8 Å². The van der Waals surface area contributed by atoms with E-state index >= 15 is 0 Å². The van der Waals surface area contributed by atoms with Crippen molar-refractivity contribution < 1.29 is 4.21 Å². The van der Waals surface area contributed by atoms with Gasteiger partial charge in [0.1, 0.15) is 6.33 Å². The summed E-state index contributed by atoms with van der Waals surface area (Å²) in [5, 5.41) is 6.83. The molecule has 0 saturated carbocycles. The summed E-state index contributed by atoms with van der Waals surface area (Å²) in [6, 6.07) is 0. The molecule has 0 aliphatic carbocycles. The van der Waals surface area contributed by atoms with Crippen molar-refractivity contribution in [3.05, 3.63) is 6.33 Å². The minimum Gasteiger partial charge on any atom is -0.252 e. The molecule has 0 spiro atoms. The molecule has 0 aromatic carbocycles. The molecule has 1 aromatic heterocycles. The lowest BCUT2D eigenvalue weighted by Gasteiger charge is -2.03. The normalized spacial score (nSPS) is 16.2. The number of rotatable bonds is 3. The number of hydrogen-bond acceptors (Lipinski definition) is 3. The summed E-state index contributed by atoms with van der Waals surface area (Å²) >= 11 is 0. The van der Waals surface area contributed by atoms with Gasteiger partial charge in [-0.25, -0.2) is 4.98 Å². The maximum absolute atomic E-state index is 11.4. The zero-order valence-electron chi connectivity index (χ0n) is 6.57. The Morgan fingerprint density at radius 1 is 1.82 bits per heavy atom. The van der Waals surface area contributed by atoms with E-state index in [9.17, 15) is 4.21 Å². The van der Waals surface area contributed by atoms with Crippen molar-refractivity contribution in [3.63, 3.8) is 0 Å². The number of aromatic nitrogens is 3. The van der Waals surface area contributed by atoms with E-state index in [4.69, 9.17) is 0 Å². The standard InChI is InChI=1S/C6H11N3OS/c1-3-5(2)11(10)6-7-4-8-9-6/h4-5H,3H2,1-2H3,(H,7,8,9). The molecule has 4 nitrogen and oxygen atoms in total. The number of hydrogen-bond donors (Lipinski definition) is 1. The molecule has 0 fully saturated rings. The first kappa shape index (κ1) is 8.39. The Labute approximate surface area is 67.9 Å². The van der Waals surface area contributed by atoms with E-state index < -0.39 is 10.8 Å². The topological polar surface area (TPSA) is 58.6 Å². The van der Waals surface area contributed by atoms with E-state index in [0.717, 1.165) is 6.42 Å². The molecule has 0 amide bonds. The van der Waals surface area contributed by atoms with Gasteiger partial charge in [-0.1, -0.05) is 13.8 Å². The molecule has 62 valence electrons. The fraction of sp³-hybridized carbons (Fsp3) is 0.667. The van der Waals surface area contributed by atoms with E-state index in [1.165, 1.54) is 6.33 Å². The van der Waals surface area contributed by atoms with Crippen LogP contribution < -0.4 is 0 Å². The zero-order chi connectivity index (χ0) is 8.27. The van der Waals surface area contributed by atoms with Crippen LogP contribution in [-0.4, -0.2) is 24.6 Å². The molecular formula is C6H11N3OS. The number of H-pyrrole nitrogens is 1. The lowest BCUT2D eigenvalue weighted by molar-refractivity contribution is 0.663. The highest BCUT2D eigenvalue weighted by molar-refractivity contribution is 7.85. The molecule has 0 aliphatic rings. The highest BCUT2D eigenvalue weighted by atomic mass is 32.2. The van der Waals surface area contributed by atoms with Crippen LogP contribution >= 0.6 is 0 Å². The van der Waals surface area contributed by atoms with Crippen molar-refractivity contribution in [1.82, 2.24) is 15.2 Å². The number of nitrogens with zero attached hydrogens (tertiary/aromatic N) is 2. The minimum atomic E-state index is -1.03. The maximum Gasteiger partial charge on any atom is 0.214 e. The van der Waals surface area contributed by atoms with Gasteiger partial charge in [0, 0.05) is 5.25 Å². The fourth-order valence-corrected chi connectivity index (χ4v) is 1.61. The smallest absolute Gasteiger partial charge is 0.214 e. The molecule has 1 heterocycles. The fourth-order valence-electron chi connectivity index (χ4n) is 0.633. The van der Waals surface area contributed by atoms with Gasteiger partial charge < -0.3 is 0 Å². The van der Waals surface area contributed by atoms with Gasteiger partial charge in [0.05, 0.1) is 10.8 Å². The summed E-state index contributed by atoms with van der Waals surface area (Å²) in [4.78, 5) is 3.82. The van der Waals surface area contributed by atoms with E-state index in [2.05, 4.69) is 15.2 Å².